The lowest BCUT2D eigenvalue weighted by molar-refractivity contribution is -0.120. The molecule has 6 nitrogen and oxygen atoms in total. The minimum Gasteiger partial charge on any atom is -0.490 e. The van der Waals surface area contributed by atoms with Crippen molar-refractivity contribution in [2.45, 2.75) is 26.2 Å². The monoisotopic (exact) mass is 367 g/mol. The Morgan fingerprint density at radius 3 is 2.67 bits per heavy atom. The van der Waals surface area contributed by atoms with Crippen molar-refractivity contribution in [3.8, 4) is 11.5 Å². The van der Waals surface area contributed by atoms with Crippen molar-refractivity contribution in [2.24, 2.45) is 0 Å². The average molecular weight is 367 g/mol. The Balaban J connectivity index is 1.53. The van der Waals surface area contributed by atoms with Gasteiger partial charge in [0.25, 0.3) is 0 Å². The zero-order valence-corrected chi connectivity index (χ0v) is 15.7. The van der Waals surface area contributed by atoms with E-state index >= 15 is 0 Å². The van der Waals surface area contributed by atoms with Crippen molar-refractivity contribution >= 4 is 16.8 Å². The van der Waals surface area contributed by atoms with E-state index in [1.165, 1.54) is 5.56 Å². The number of aromatic nitrogens is 2. The summed E-state index contributed by atoms with van der Waals surface area (Å²) in [6.45, 7) is 2.85. The van der Waals surface area contributed by atoms with Crippen LogP contribution in [-0.2, 0) is 11.2 Å². The number of pyridine rings is 1. The second-order valence-corrected chi connectivity index (χ2v) is 6.38. The fraction of sp³-hybridized carbons (Fsp3) is 0.333. The number of hydrogen-bond acceptors (Lipinski definition) is 4. The highest BCUT2D eigenvalue weighted by Crippen LogP contribution is 2.25. The largest absolute Gasteiger partial charge is 0.490 e. The van der Waals surface area contributed by atoms with Gasteiger partial charge in [-0.3, -0.25) is 9.78 Å². The first-order chi connectivity index (χ1) is 13.2. The lowest BCUT2D eigenvalue weighted by atomic mass is 10.1. The molecule has 0 radical (unpaired) electrons. The summed E-state index contributed by atoms with van der Waals surface area (Å²) in [5.74, 6) is 1.62. The minimum absolute atomic E-state index is 0.0719. The molecule has 0 aliphatic heterocycles. The summed E-state index contributed by atoms with van der Waals surface area (Å²) in [5.41, 5.74) is 3.23. The van der Waals surface area contributed by atoms with E-state index in [-0.39, 0.29) is 5.91 Å². The van der Waals surface area contributed by atoms with Gasteiger partial charge in [0.05, 0.1) is 6.20 Å². The summed E-state index contributed by atoms with van der Waals surface area (Å²) < 4.78 is 11.5. The van der Waals surface area contributed by atoms with Crippen LogP contribution in [0.1, 0.15) is 24.1 Å². The second kappa shape index (κ2) is 9.07. The molecule has 6 heteroatoms. The van der Waals surface area contributed by atoms with Gasteiger partial charge in [0.2, 0.25) is 5.91 Å². The highest BCUT2D eigenvalue weighted by Gasteiger charge is 2.07. The van der Waals surface area contributed by atoms with Crippen LogP contribution >= 0.6 is 0 Å². The number of carbonyl (C=O) groups is 1. The van der Waals surface area contributed by atoms with Crippen LogP contribution in [0.25, 0.3) is 10.9 Å². The third-order valence-corrected chi connectivity index (χ3v) is 4.37. The van der Waals surface area contributed by atoms with Crippen LogP contribution in [0.3, 0.4) is 0 Å². The molecule has 1 aromatic carbocycles. The Labute approximate surface area is 158 Å². The van der Waals surface area contributed by atoms with Crippen LogP contribution in [0, 0.1) is 6.92 Å². The normalized spacial score (nSPS) is 10.7. The van der Waals surface area contributed by atoms with Crippen molar-refractivity contribution in [1.82, 2.24) is 15.3 Å². The molecule has 3 rings (SSSR count). The van der Waals surface area contributed by atoms with E-state index in [4.69, 9.17) is 9.47 Å². The number of aromatic amines is 1. The quantitative estimate of drug-likeness (QED) is 0.568. The number of amides is 1. The van der Waals surface area contributed by atoms with Gasteiger partial charge >= 0.3 is 0 Å². The van der Waals surface area contributed by atoms with Gasteiger partial charge in [-0.05, 0) is 55.7 Å². The standard InChI is InChI=1S/C21H25N3O3/c1-15-6-7-18(14-23-15)27-11-10-26-17-8-9-20-19(12-17)16(13-24-20)4-3-5-21(25)22-2/h6-9,12-14,24H,3-5,10-11H2,1-2H3,(H,22,25). The number of rotatable bonds is 9. The van der Waals surface area contributed by atoms with Gasteiger partial charge in [-0.1, -0.05) is 0 Å². The van der Waals surface area contributed by atoms with E-state index in [1.54, 1.807) is 13.2 Å². The summed E-state index contributed by atoms with van der Waals surface area (Å²) in [6, 6.07) is 9.81. The van der Waals surface area contributed by atoms with E-state index in [1.807, 2.05) is 43.5 Å². The molecule has 2 heterocycles. The van der Waals surface area contributed by atoms with Gasteiger partial charge in [-0.15, -0.1) is 0 Å². The third-order valence-electron chi connectivity index (χ3n) is 4.37. The lowest BCUT2D eigenvalue weighted by Crippen LogP contribution is -2.17. The topological polar surface area (TPSA) is 76.2 Å². The summed E-state index contributed by atoms with van der Waals surface area (Å²) in [4.78, 5) is 18.8. The summed E-state index contributed by atoms with van der Waals surface area (Å²) >= 11 is 0. The number of hydrogen-bond donors (Lipinski definition) is 2. The van der Waals surface area contributed by atoms with Crippen molar-refractivity contribution in [3.63, 3.8) is 0 Å². The van der Waals surface area contributed by atoms with Crippen LogP contribution < -0.4 is 14.8 Å². The van der Waals surface area contributed by atoms with Crippen molar-refractivity contribution in [1.29, 1.82) is 0 Å². The van der Waals surface area contributed by atoms with Gasteiger partial charge in [0, 0.05) is 36.3 Å². The SMILES string of the molecule is CNC(=O)CCCc1c[nH]c2ccc(OCCOc3ccc(C)nc3)cc12. The molecule has 3 aromatic rings. The first kappa shape index (κ1) is 18.8. The predicted molar refractivity (Wildman–Crippen MR) is 105 cm³/mol. The molecule has 0 aliphatic carbocycles. The van der Waals surface area contributed by atoms with Gasteiger partial charge in [-0.2, -0.15) is 0 Å². The molecule has 0 unspecified atom stereocenters. The molecule has 1 amide bonds. The van der Waals surface area contributed by atoms with E-state index in [2.05, 4.69) is 15.3 Å². The number of nitrogens with zero attached hydrogens (tertiary/aromatic N) is 1. The lowest BCUT2D eigenvalue weighted by Gasteiger charge is -2.09. The molecule has 142 valence electrons. The first-order valence-electron chi connectivity index (χ1n) is 9.14. The molecule has 27 heavy (non-hydrogen) atoms. The maximum atomic E-state index is 11.4. The fourth-order valence-corrected chi connectivity index (χ4v) is 2.88. The van der Waals surface area contributed by atoms with E-state index in [0.29, 0.717) is 19.6 Å². The average Bonchev–Trinajstić information content (AvgIpc) is 3.09. The van der Waals surface area contributed by atoms with Gasteiger partial charge in [0.15, 0.2) is 0 Å². The van der Waals surface area contributed by atoms with E-state index in [9.17, 15) is 4.79 Å². The molecule has 0 saturated heterocycles. The van der Waals surface area contributed by atoms with Crippen LogP contribution in [0.4, 0.5) is 0 Å². The Morgan fingerprint density at radius 1 is 1.15 bits per heavy atom. The number of benzene rings is 1. The van der Waals surface area contributed by atoms with Crippen molar-refractivity contribution < 1.29 is 14.3 Å². The van der Waals surface area contributed by atoms with Crippen LogP contribution in [-0.4, -0.2) is 36.1 Å². The van der Waals surface area contributed by atoms with Crippen LogP contribution in [0.2, 0.25) is 0 Å². The Hall–Kier alpha value is -3.02. The summed E-state index contributed by atoms with van der Waals surface area (Å²) in [5, 5.41) is 3.78. The summed E-state index contributed by atoms with van der Waals surface area (Å²) in [6.07, 6.45) is 5.92. The fourth-order valence-electron chi connectivity index (χ4n) is 2.88. The van der Waals surface area contributed by atoms with Crippen LogP contribution in [0.15, 0.2) is 42.7 Å². The zero-order valence-electron chi connectivity index (χ0n) is 15.7. The maximum absolute atomic E-state index is 11.4. The second-order valence-electron chi connectivity index (χ2n) is 6.38. The van der Waals surface area contributed by atoms with Gasteiger partial charge < -0.3 is 19.8 Å². The molecule has 0 atom stereocenters. The summed E-state index contributed by atoms with van der Waals surface area (Å²) in [7, 11) is 1.66. The molecular weight excluding hydrogens is 342 g/mol. The van der Waals surface area contributed by atoms with E-state index < -0.39 is 0 Å². The molecule has 2 N–H and O–H groups in total. The number of carbonyl (C=O) groups excluding carboxylic acids is 1. The Morgan fingerprint density at radius 2 is 1.93 bits per heavy atom. The minimum atomic E-state index is 0.0719. The van der Waals surface area contributed by atoms with Gasteiger partial charge in [0.1, 0.15) is 24.7 Å². The highest BCUT2D eigenvalue weighted by molar-refractivity contribution is 5.84. The Kier molecular flexibility index (Phi) is 6.30. The maximum Gasteiger partial charge on any atom is 0.219 e. The molecule has 0 bridgehead atoms. The molecule has 0 aliphatic rings. The number of fused-ring (bicyclic) bond motifs is 1. The zero-order chi connectivity index (χ0) is 19.1. The highest BCUT2D eigenvalue weighted by atomic mass is 16.5. The van der Waals surface area contributed by atoms with Gasteiger partial charge in [-0.25, -0.2) is 0 Å². The van der Waals surface area contributed by atoms with E-state index in [0.717, 1.165) is 40.9 Å². The van der Waals surface area contributed by atoms with Crippen LogP contribution in [0.5, 0.6) is 11.5 Å². The number of H-pyrrole nitrogens is 1. The molecule has 0 saturated carbocycles. The first-order valence-corrected chi connectivity index (χ1v) is 9.14. The number of ether oxygens (including phenoxy) is 2. The van der Waals surface area contributed by atoms with Crippen molar-refractivity contribution in [3.05, 3.63) is 54.0 Å². The molecular formula is C21H25N3O3. The molecule has 2 aromatic heterocycles. The predicted octanol–water partition coefficient (Wildman–Crippen LogP) is 3.40. The van der Waals surface area contributed by atoms with Crippen molar-refractivity contribution in [2.75, 3.05) is 20.3 Å². The Bertz CT molecular complexity index is 887. The molecule has 0 fully saturated rings. The number of nitrogens with one attached hydrogen (secondary N) is 2. The number of aryl methyl sites for hydroxylation is 2. The smallest absolute Gasteiger partial charge is 0.219 e. The molecule has 0 spiro atoms. The third kappa shape index (κ3) is 5.23.